The van der Waals surface area contributed by atoms with Crippen LogP contribution in [0.5, 0.6) is 0 Å². The van der Waals surface area contributed by atoms with E-state index in [4.69, 9.17) is 0 Å². The molecule has 2 amide bonds. The van der Waals surface area contributed by atoms with Crippen LogP contribution in [0.15, 0.2) is 47.8 Å². The molecule has 1 aromatic heterocycles. The van der Waals surface area contributed by atoms with Gasteiger partial charge >= 0.3 is 0 Å². The van der Waals surface area contributed by atoms with Gasteiger partial charge in [-0.2, -0.15) is 0 Å². The van der Waals surface area contributed by atoms with Gasteiger partial charge in [0.15, 0.2) is 0 Å². The van der Waals surface area contributed by atoms with E-state index in [0.29, 0.717) is 13.1 Å². The predicted octanol–water partition coefficient (Wildman–Crippen LogP) is 3.31. The minimum Gasteiger partial charge on any atom is -0.351 e. The highest BCUT2D eigenvalue weighted by molar-refractivity contribution is 7.12. The van der Waals surface area contributed by atoms with E-state index in [2.05, 4.69) is 5.32 Å². The minimum atomic E-state index is -0.528. The summed E-state index contributed by atoms with van der Waals surface area (Å²) in [5.41, 5.74) is 0.553. The normalized spacial score (nSPS) is 20.6. The van der Waals surface area contributed by atoms with Gasteiger partial charge in [0.1, 0.15) is 0 Å². The molecule has 2 aromatic rings. The van der Waals surface area contributed by atoms with Crippen LogP contribution >= 0.6 is 11.3 Å². The Labute approximate surface area is 146 Å². The molecule has 0 radical (unpaired) electrons. The molecule has 0 spiro atoms. The molecule has 1 aliphatic heterocycles. The van der Waals surface area contributed by atoms with Gasteiger partial charge in [0, 0.05) is 19.6 Å². The molecule has 1 saturated heterocycles. The zero-order chi connectivity index (χ0) is 17.0. The molecule has 24 heavy (non-hydrogen) atoms. The Morgan fingerprint density at radius 2 is 2.00 bits per heavy atom. The molecule has 1 N–H and O–H groups in total. The summed E-state index contributed by atoms with van der Waals surface area (Å²) in [6.07, 6.45) is 1.66. The molecule has 1 aromatic carbocycles. The first-order chi connectivity index (χ1) is 11.6. The summed E-state index contributed by atoms with van der Waals surface area (Å²) in [4.78, 5) is 27.8. The highest BCUT2D eigenvalue weighted by atomic mass is 32.1. The topological polar surface area (TPSA) is 49.4 Å². The van der Waals surface area contributed by atoms with Gasteiger partial charge < -0.3 is 10.2 Å². The van der Waals surface area contributed by atoms with Gasteiger partial charge in [0.25, 0.3) is 5.91 Å². The van der Waals surface area contributed by atoms with Crippen molar-refractivity contribution in [3.63, 3.8) is 0 Å². The number of rotatable bonds is 4. The van der Waals surface area contributed by atoms with Crippen molar-refractivity contribution >= 4 is 23.2 Å². The van der Waals surface area contributed by atoms with Crippen LogP contribution in [0.25, 0.3) is 0 Å². The van der Waals surface area contributed by atoms with Gasteiger partial charge in [0.2, 0.25) is 5.91 Å². The highest BCUT2D eigenvalue weighted by Gasteiger charge is 2.39. The molecule has 1 fully saturated rings. The summed E-state index contributed by atoms with van der Waals surface area (Å²) in [6, 6.07) is 13.6. The Kier molecular flexibility index (Phi) is 5.00. The second-order valence-corrected chi connectivity index (χ2v) is 7.48. The molecular weight excluding hydrogens is 320 g/mol. The van der Waals surface area contributed by atoms with Gasteiger partial charge in [-0.3, -0.25) is 9.59 Å². The second-order valence-electron chi connectivity index (χ2n) is 6.54. The number of hydrogen-bond donors (Lipinski definition) is 1. The molecule has 0 bridgehead atoms. The lowest BCUT2D eigenvalue weighted by atomic mass is 9.81. The van der Waals surface area contributed by atoms with Crippen LogP contribution < -0.4 is 5.32 Å². The summed E-state index contributed by atoms with van der Waals surface area (Å²) in [7, 11) is 0. The van der Waals surface area contributed by atoms with Crippen molar-refractivity contribution in [3.8, 4) is 0 Å². The van der Waals surface area contributed by atoms with E-state index >= 15 is 0 Å². The summed E-state index contributed by atoms with van der Waals surface area (Å²) >= 11 is 1.45. The first kappa shape index (κ1) is 16.7. The van der Waals surface area contributed by atoms with Crippen LogP contribution in [-0.4, -0.2) is 29.8 Å². The number of benzene rings is 1. The molecule has 126 valence electrons. The summed E-state index contributed by atoms with van der Waals surface area (Å²) in [5.74, 6) is 0.0572. The quantitative estimate of drug-likeness (QED) is 0.927. The molecule has 1 atom stereocenters. The molecule has 2 heterocycles. The number of amides is 2. The van der Waals surface area contributed by atoms with Crippen LogP contribution in [0.2, 0.25) is 0 Å². The number of carbonyl (C=O) groups excluding carboxylic acids is 2. The number of nitrogens with zero attached hydrogens (tertiary/aromatic N) is 1. The summed E-state index contributed by atoms with van der Waals surface area (Å²) in [6.45, 7) is 3.68. The fraction of sp³-hybridized carbons (Fsp3) is 0.368. The number of hydrogen-bond acceptors (Lipinski definition) is 3. The lowest BCUT2D eigenvalue weighted by Gasteiger charge is -2.39. The van der Waals surface area contributed by atoms with E-state index in [1.807, 2.05) is 59.7 Å². The summed E-state index contributed by atoms with van der Waals surface area (Å²) in [5, 5.41) is 4.93. The molecule has 0 saturated carbocycles. The Bertz CT molecular complexity index is 699. The first-order valence-corrected chi connectivity index (χ1v) is 9.11. The van der Waals surface area contributed by atoms with Crippen molar-refractivity contribution in [3.05, 3.63) is 58.3 Å². The molecule has 4 nitrogen and oxygen atoms in total. The smallest absolute Gasteiger partial charge is 0.263 e. The maximum Gasteiger partial charge on any atom is 0.263 e. The lowest BCUT2D eigenvalue weighted by Crippen LogP contribution is -2.51. The fourth-order valence-corrected chi connectivity index (χ4v) is 3.84. The molecule has 3 rings (SSSR count). The lowest BCUT2D eigenvalue weighted by molar-refractivity contribution is -0.132. The van der Waals surface area contributed by atoms with Crippen molar-refractivity contribution in [2.45, 2.75) is 26.3 Å². The fourth-order valence-electron chi connectivity index (χ4n) is 3.15. The zero-order valence-corrected chi connectivity index (χ0v) is 14.6. The van der Waals surface area contributed by atoms with Gasteiger partial charge in [-0.05, 0) is 36.8 Å². The van der Waals surface area contributed by atoms with Gasteiger partial charge in [-0.1, -0.05) is 36.4 Å². The third-order valence-electron chi connectivity index (χ3n) is 4.56. The van der Waals surface area contributed by atoms with E-state index in [1.54, 1.807) is 0 Å². The average molecular weight is 342 g/mol. The maximum absolute atomic E-state index is 12.7. The Balaban J connectivity index is 1.63. The van der Waals surface area contributed by atoms with Crippen molar-refractivity contribution in [1.29, 1.82) is 0 Å². The van der Waals surface area contributed by atoms with E-state index in [1.165, 1.54) is 11.3 Å². The van der Waals surface area contributed by atoms with E-state index in [-0.39, 0.29) is 11.8 Å². The van der Waals surface area contributed by atoms with Crippen molar-refractivity contribution in [2.75, 3.05) is 13.1 Å². The monoisotopic (exact) mass is 342 g/mol. The largest absolute Gasteiger partial charge is 0.351 e. The molecule has 5 heteroatoms. The predicted molar refractivity (Wildman–Crippen MR) is 95.9 cm³/mol. The summed E-state index contributed by atoms with van der Waals surface area (Å²) < 4.78 is 0. The Hall–Kier alpha value is -2.14. The number of nitrogens with one attached hydrogen (secondary N) is 1. The van der Waals surface area contributed by atoms with Crippen LogP contribution in [0.1, 0.15) is 35.0 Å². The average Bonchev–Trinajstić information content (AvgIpc) is 3.14. The maximum atomic E-state index is 12.7. The molecule has 0 aliphatic carbocycles. The van der Waals surface area contributed by atoms with Crippen LogP contribution in [0.4, 0.5) is 0 Å². The second kappa shape index (κ2) is 7.18. The van der Waals surface area contributed by atoms with E-state index in [0.717, 1.165) is 29.8 Å². The Morgan fingerprint density at radius 3 is 2.71 bits per heavy atom. The third kappa shape index (κ3) is 3.67. The van der Waals surface area contributed by atoms with E-state index < -0.39 is 5.41 Å². The minimum absolute atomic E-state index is 0.0232. The number of thiophene rings is 1. The molecule has 1 aliphatic rings. The van der Waals surface area contributed by atoms with Gasteiger partial charge in [-0.15, -0.1) is 11.3 Å². The number of carbonyl (C=O) groups is 2. The van der Waals surface area contributed by atoms with Crippen molar-refractivity contribution in [2.24, 2.45) is 5.41 Å². The molecule has 1 unspecified atom stereocenters. The Morgan fingerprint density at radius 1 is 1.21 bits per heavy atom. The van der Waals surface area contributed by atoms with Crippen LogP contribution in [0, 0.1) is 5.41 Å². The van der Waals surface area contributed by atoms with Gasteiger partial charge in [-0.25, -0.2) is 0 Å². The highest BCUT2D eigenvalue weighted by Crippen LogP contribution is 2.31. The SMILES string of the molecule is CC1(C(=O)NCc2ccccc2)CCCN(C(=O)c2cccs2)C1. The standard InChI is InChI=1S/C19H22N2O2S/c1-19(18(23)20-13-15-7-3-2-4-8-15)10-6-11-21(14-19)17(22)16-9-5-12-24-16/h2-5,7-9,12H,6,10-11,13-14H2,1H3,(H,20,23). The molecular formula is C19H22N2O2S. The number of likely N-dealkylation sites (tertiary alicyclic amines) is 1. The third-order valence-corrected chi connectivity index (χ3v) is 5.42. The van der Waals surface area contributed by atoms with Gasteiger partial charge in [0.05, 0.1) is 10.3 Å². The first-order valence-electron chi connectivity index (χ1n) is 8.23. The van der Waals surface area contributed by atoms with Crippen LogP contribution in [0.3, 0.4) is 0 Å². The van der Waals surface area contributed by atoms with Crippen molar-refractivity contribution in [1.82, 2.24) is 10.2 Å². The zero-order valence-electron chi connectivity index (χ0n) is 13.8. The van der Waals surface area contributed by atoms with E-state index in [9.17, 15) is 9.59 Å². The number of piperidine rings is 1. The van der Waals surface area contributed by atoms with Crippen LogP contribution in [-0.2, 0) is 11.3 Å². The van der Waals surface area contributed by atoms with Crippen molar-refractivity contribution < 1.29 is 9.59 Å².